The second-order valence-electron chi connectivity index (χ2n) is 2.16. The van der Waals surface area contributed by atoms with Gasteiger partial charge >= 0.3 is 0 Å². The number of allylic oxidation sites excluding steroid dienone is 3. The number of aliphatic hydroxyl groups is 1. The van der Waals surface area contributed by atoms with Crippen molar-refractivity contribution in [2.24, 2.45) is 0 Å². The highest BCUT2D eigenvalue weighted by Crippen LogP contribution is 1.89. The summed E-state index contributed by atoms with van der Waals surface area (Å²) < 4.78 is 0. The van der Waals surface area contributed by atoms with Gasteiger partial charge in [0.05, 0.1) is 0 Å². The van der Waals surface area contributed by atoms with E-state index < -0.39 is 0 Å². The van der Waals surface area contributed by atoms with E-state index >= 15 is 0 Å². The van der Waals surface area contributed by atoms with Crippen LogP contribution in [0.1, 0.15) is 26.2 Å². The highest BCUT2D eigenvalue weighted by molar-refractivity contribution is 5.01. The summed E-state index contributed by atoms with van der Waals surface area (Å²) in [5.41, 5.74) is 0. The van der Waals surface area contributed by atoms with Gasteiger partial charge in [-0.2, -0.15) is 0 Å². The zero-order valence-corrected chi connectivity index (χ0v) is 6.59. The van der Waals surface area contributed by atoms with Crippen LogP contribution in [0.25, 0.3) is 0 Å². The molecule has 1 N–H and O–H groups in total. The minimum atomic E-state index is 0.248. The van der Waals surface area contributed by atoms with Crippen LogP contribution >= 0.6 is 0 Å². The normalized spacial score (nSPS) is 11.8. The third-order valence-corrected chi connectivity index (χ3v) is 1.13. The second kappa shape index (κ2) is 8.44. The predicted molar refractivity (Wildman–Crippen MR) is 44.9 cm³/mol. The van der Waals surface area contributed by atoms with Gasteiger partial charge in [0.25, 0.3) is 0 Å². The largest absolute Gasteiger partial charge is 0.396 e. The van der Waals surface area contributed by atoms with Crippen LogP contribution in [-0.2, 0) is 0 Å². The van der Waals surface area contributed by atoms with E-state index in [1.54, 1.807) is 0 Å². The van der Waals surface area contributed by atoms with Gasteiger partial charge in [0.2, 0.25) is 0 Å². The zero-order chi connectivity index (χ0) is 7.66. The molecule has 0 atom stereocenters. The molecule has 0 aromatic carbocycles. The number of aliphatic hydroxyl groups excluding tert-OH is 1. The Morgan fingerprint density at radius 3 is 2.20 bits per heavy atom. The fraction of sp³-hybridized carbons (Fsp3) is 0.556. The number of rotatable bonds is 5. The van der Waals surface area contributed by atoms with E-state index in [0.717, 1.165) is 12.8 Å². The summed E-state index contributed by atoms with van der Waals surface area (Å²) in [4.78, 5) is 0. The molecule has 0 fully saturated rings. The molecule has 58 valence electrons. The molecular formula is C9H16O. The lowest BCUT2D eigenvalue weighted by Crippen LogP contribution is -1.73. The van der Waals surface area contributed by atoms with Crippen LogP contribution in [0.4, 0.5) is 0 Å². The summed E-state index contributed by atoms with van der Waals surface area (Å²) in [6, 6.07) is 0. The molecule has 0 saturated heterocycles. The van der Waals surface area contributed by atoms with E-state index in [1.807, 2.05) is 18.2 Å². The molecule has 0 amide bonds. The molecular weight excluding hydrogens is 124 g/mol. The van der Waals surface area contributed by atoms with E-state index in [-0.39, 0.29) is 6.61 Å². The molecule has 0 saturated carbocycles. The first-order valence-corrected chi connectivity index (χ1v) is 3.84. The molecule has 10 heavy (non-hydrogen) atoms. The Morgan fingerprint density at radius 2 is 1.70 bits per heavy atom. The fourth-order valence-corrected chi connectivity index (χ4v) is 0.591. The number of unbranched alkanes of at least 4 members (excludes halogenated alkanes) is 1. The molecule has 1 nitrogen and oxygen atoms in total. The average Bonchev–Trinajstić information content (AvgIpc) is 1.97. The van der Waals surface area contributed by atoms with Crippen molar-refractivity contribution in [1.82, 2.24) is 0 Å². The molecule has 0 aromatic heterocycles. The lowest BCUT2D eigenvalue weighted by atomic mass is 10.3. The van der Waals surface area contributed by atoms with Gasteiger partial charge in [-0.3, -0.25) is 0 Å². The minimum absolute atomic E-state index is 0.248. The van der Waals surface area contributed by atoms with Crippen molar-refractivity contribution >= 4 is 0 Å². The molecule has 0 heterocycles. The van der Waals surface area contributed by atoms with Gasteiger partial charge < -0.3 is 5.11 Å². The van der Waals surface area contributed by atoms with Crippen molar-refractivity contribution in [3.8, 4) is 0 Å². The fourth-order valence-electron chi connectivity index (χ4n) is 0.591. The van der Waals surface area contributed by atoms with E-state index in [9.17, 15) is 0 Å². The van der Waals surface area contributed by atoms with Crippen molar-refractivity contribution in [2.75, 3.05) is 6.61 Å². The predicted octanol–water partition coefficient (Wildman–Crippen LogP) is 2.28. The van der Waals surface area contributed by atoms with Gasteiger partial charge in [-0.15, -0.1) is 0 Å². The highest BCUT2D eigenvalue weighted by Gasteiger charge is 1.71. The van der Waals surface area contributed by atoms with Gasteiger partial charge in [-0.1, -0.05) is 37.6 Å². The summed E-state index contributed by atoms with van der Waals surface area (Å²) in [5.74, 6) is 0. The zero-order valence-electron chi connectivity index (χ0n) is 6.59. The van der Waals surface area contributed by atoms with Crippen LogP contribution in [0.3, 0.4) is 0 Å². The van der Waals surface area contributed by atoms with E-state index in [4.69, 9.17) is 5.11 Å². The summed E-state index contributed by atoms with van der Waals surface area (Å²) >= 11 is 0. The van der Waals surface area contributed by atoms with Crippen molar-refractivity contribution < 1.29 is 5.11 Å². The Morgan fingerprint density at radius 1 is 1.10 bits per heavy atom. The quantitative estimate of drug-likeness (QED) is 0.581. The first-order valence-electron chi connectivity index (χ1n) is 3.84. The number of hydrogen-bond acceptors (Lipinski definition) is 1. The first kappa shape index (κ1) is 9.44. The molecule has 0 spiro atoms. The van der Waals surface area contributed by atoms with Crippen LogP contribution in [0.2, 0.25) is 0 Å². The van der Waals surface area contributed by atoms with Gasteiger partial charge in [-0.05, 0) is 12.8 Å². The molecule has 0 aromatic rings. The molecule has 0 bridgehead atoms. The SMILES string of the molecule is CCCC=CC=CCCO. The second-order valence-corrected chi connectivity index (χ2v) is 2.16. The van der Waals surface area contributed by atoms with Crippen LogP contribution in [0, 0.1) is 0 Å². The molecule has 0 aliphatic rings. The van der Waals surface area contributed by atoms with Crippen LogP contribution < -0.4 is 0 Å². The van der Waals surface area contributed by atoms with E-state index in [2.05, 4.69) is 13.0 Å². The third-order valence-electron chi connectivity index (χ3n) is 1.13. The van der Waals surface area contributed by atoms with Crippen LogP contribution in [-0.4, -0.2) is 11.7 Å². The number of hydrogen-bond donors (Lipinski definition) is 1. The van der Waals surface area contributed by atoms with Crippen LogP contribution in [0.5, 0.6) is 0 Å². The average molecular weight is 140 g/mol. The molecule has 0 rings (SSSR count). The summed E-state index contributed by atoms with van der Waals surface area (Å²) in [7, 11) is 0. The summed E-state index contributed by atoms with van der Waals surface area (Å²) in [6.45, 7) is 2.40. The van der Waals surface area contributed by atoms with Crippen molar-refractivity contribution in [2.45, 2.75) is 26.2 Å². The summed E-state index contributed by atoms with van der Waals surface area (Å²) in [6.07, 6.45) is 11.2. The lowest BCUT2D eigenvalue weighted by Gasteiger charge is -1.81. The lowest BCUT2D eigenvalue weighted by molar-refractivity contribution is 0.302. The molecule has 0 unspecified atom stereocenters. The smallest absolute Gasteiger partial charge is 0.0465 e. The molecule has 0 aliphatic carbocycles. The van der Waals surface area contributed by atoms with E-state index in [1.165, 1.54) is 6.42 Å². The first-order chi connectivity index (χ1) is 4.91. The highest BCUT2D eigenvalue weighted by atomic mass is 16.2. The monoisotopic (exact) mass is 140 g/mol. The Labute approximate surface area is 63.1 Å². The Bertz CT molecular complexity index is 89.3. The van der Waals surface area contributed by atoms with Crippen LogP contribution in [0.15, 0.2) is 24.3 Å². The molecule has 1 heteroatoms. The standard InChI is InChI=1S/C9H16O/c1-2-3-4-5-6-7-8-9-10/h4-7,10H,2-3,8-9H2,1H3. The van der Waals surface area contributed by atoms with E-state index in [0.29, 0.717) is 0 Å². The van der Waals surface area contributed by atoms with Gasteiger partial charge in [0.15, 0.2) is 0 Å². The van der Waals surface area contributed by atoms with Gasteiger partial charge in [0, 0.05) is 6.61 Å². The van der Waals surface area contributed by atoms with Crippen molar-refractivity contribution in [3.63, 3.8) is 0 Å². The Hall–Kier alpha value is -0.560. The summed E-state index contributed by atoms with van der Waals surface area (Å²) in [5, 5.41) is 8.39. The Kier molecular flexibility index (Phi) is 7.97. The van der Waals surface area contributed by atoms with Crippen molar-refractivity contribution in [1.29, 1.82) is 0 Å². The Balaban J connectivity index is 3.15. The maximum absolute atomic E-state index is 8.39. The topological polar surface area (TPSA) is 20.2 Å². The third kappa shape index (κ3) is 7.44. The maximum atomic E-state index is 8.39. The van der Waals surface area contributed by atoms with Gasteiger partial charge in [0.1, 0.15) is 0 Å². The molecule has 0 radical (unpaired) electrons. The van der Waals surface area contributed by atoms with Crippen molar-refractivity contribution in [3.05, 3.63) is 24.3 Å². The maximum Gasteiger partial charge on any atom is 0.0465 e. The minimum Gasteiger partial charge on any atom is -0.396 e. The molecule has 0 aliphatic heterocycles. The van der Waals surface area contributed by atoms with Gasteiger partial charge in [-0.25, -0.2) is 0 Å².